The van der Waals surface area contributed by atoms with Crippen LogP contribution in [0.2, 0.25) is 0 Å². The van der Waals surface area contributed by atoms with Crippen LogP contribution in [0.15, 0.2) is 0 Å². The van der Waals surface area contributed by atoms with Crippen LogP contribution in [0.5, 0.6) is 0 Å². The summed E-state index contributed by atoms with van der Waals surface area (Å²) in [5.74, 6) is -0.160. The number of nitrogens with one attached hydrogen (secondary N) is 1. The number of carbonyl (C=O) groups is 1. The summed E-state index contributed by atoms with van der Waals surface area (Å²) in [6, 6.07) is -0.0500. The van der Waals surface area contributed by atoms with Gasteiger partial charge >= 0.3 is 0 Å². The summed E-state index contributed by atoms with van der Waals surface area (Å²) in [6.45, 7) is 5.37. The molecule has 0 aromatic rings. The number of nitrogens with two attached hydrogens (primary N) is 1. The van der Waals surface area contributed by atoms with Gasteiger partial charge in [0.05, 0.1) is 6.54 Å². The number of amides is 1. The van der Waals surface area contributed by atoms with Crippen LogP contribution in [0.3, 0.4) is 0 Å². The number of carbonyl (C=O) groups excluding carboxylic acids is 1. The zero-order chi connectivity index (χ0) is 6.57. The third-order valence-corrected chi connectivity index (χ3v) is 0.593. The first kappa shape index (κ1) is 7.43. The molecule has 0 aromatic carbocycles. The highest BCUT2D eigenvalue weighted by molar-refractivity contribution is 5.78. The fraction of sp³-hybridized carbons (Fsp3) is 0.600. The van der Waals surface area contributed by atoms with Crippen LogP contribution in [0.25, 0.3) is 0 Å². The van der Waals surface area contributed by atoms with E-state index in [1.54, 1.807) is 6.92 Å². The molecule has 0 spiro atoms. The van der Waals surface area contributed by atoms with Gasteiger partial charge in [-0.25, -0.2) is 0 Å². The molecule has 47 valence electrons. The Morgan fingerprint density at radius 3 is 2.62 bits per heavy atom. The van der Waals surface area contributed by atoms with E-state index >= 15 is 0 Å². The smallest absolute Gasteiger partial charge is 0.233 e. The first-order chi connectivity index (χ1) is 3.66. The van der Waals surface area contributed by atoms with Crippen molar-refractivity contribution in [2.45, 2.75) is 13.0 Å². The predicted octanol–water partition coefficient (Wildman–Crippen LogP) is -0.716. The molecule has 0 saturated carbocycles. The van der Waals surface area contributed by atoms with Crippen molar-refractivity contribution in [3.05, 3.63) is 6.92 Å². The first-order valence-corrected chi connectivity index (χ1v) is 2.49. The maximum atomic E-state index is 10.3. The van der Waals surface area contributed by atoms with E-state index in [2.05, 4.69) is 12.2 Å². The Hall–Kier alpha value is -0.570. The summed E-state index contributed by atoms with van der Waals surface area (Å²) < 4.78 is 0. The van der Waals surface area contributed by atoms with E-state index in [4.69, 9.17) is 5.73 Å². The zero-order valence-electron chi connectivity index (χ0n) is 4.98. The molecule has 3 nitrogen and oxygen atoms in total. The summed E-state index contributed by atoms with van der Waals surface area (Å²) in [7, 11) is 0. The van der Waals surface area contributed by atoms with E-state index in [0.29, 0.717) is 0 Å². The van der Waals surface area contributed by atoms with Crippen LogP contribution < -0.4 is 11.1 Å². The standard InChI is InChI=1S/C5H11N2O/c1-4(2)7-5(8)3-6/h4H,1,3,6H2,2H3,(H,7,8). The second-order valence-electron chi connectivity index (χ2n) is 1.67. The molecule has 1 radical (unpaired) electrons. The van der Waals surface area contributed by atoms with Gasteiger partial charge in [-0.3, -0.25) is 4.79 Å². The minimum absolute atomic E-state index is 0.0415. The monoisotopic (exact) mass is 115 g/mol. The second-order valence-corrected chi connectivity index (χ2v) is 1.67. The van der Waals surface area contributed by atoms with Crippen LogP contribution in [0, 0.1) is 6.92 Å². The Kier molecular flexibility index (Phi) is 3.19. The van der Waals surface area contributed by atoms with Crippen LogP contribution in [0.4, 0.5) is 0 Å². The van der Waals surface area contributed by atoms with Gasteiger partial charge in [0.2, 0.25) is 5.91 Å². The molecule has 0 rings (SSSR count). The Bertz CT molecular complexity index is 80.5. The SMILES string of the molecule is [CH2]C(C)NC(=O)CN. The van der Waals surface area contributed by atoms with Crippen LogP contribution in [0.1, 0.15) is 6.92 Å². The molecule has 1 amide bonds. The lowest BCUT2D eigenvalue weighted by Gasteiger charge is -2.04. The van der Waals surface area contributed by atoms with Gasteiger partial charge in [-0.1, -0.05) is 0 Å². The normalized spacial score (nSPS) is 9.50. The Morgan fingerprint density at radius 1 is 2.00 bits per heavy atom. The summed E-state index contributed by atoms with van der Waals surface area (Å²) in [5, 5.41) is 2.52. The van der Waals surface area contributed by atoms with Crippen molar-refractivity contribution in [1.29, 1.82) is 0 Å². The van der Waals surface area contributed by atoms with Gasteiger partial charge in [0.15, 0.2) is 0 Å². The van der Waals surface area contributed by atoms with Gasteiger partial charge in [0.25, 0.3) is 0 Å². The van der Waals surface area contributed by atoms with E-state index in [9.17, 15) is 4.79 Å². The molecule has 0 aliphatic carbocycles. The van der Waals surface area contributed by atoms with Crippen molar-refractivity contribution in [2.24, 2.45) is 5.73 Å². The number of hydrogen-bond donors (Lipinski definition) is 2. The molecule has 0 aromatic heterocycles. The van der Waals surface area contributed by atoms with Gasteiger partial charge < -0.3 is 11.1 Å². The van der Waals surface area contributed by atoms with Gasteiger partial charge in [-0.15, -0.1) is 0 Å². The van der Waals surface area contributed by atoms with Gasteiger partial charge in [-0.05, 0) is 13.8 Å². The zero-order valence-corrected chi connectivity index (χ0v) is 4.98. The van der Waals surface area contributed by atoms with E-state index in [-0.39, 0.29) is 18.5 Å². The van der Waals surface area contributed by atoms with E-state index < -0.39 is 0 Å². The minimum atomic E-state index is -0.160. The molecular weight excluding hydrogens is 104 g/mol. The van der Waals surface area contributed by atoms with Crippen LogP contribution >= 0.6 is 0 Å². The second kappa shape index (κ2) is 3.43. The summed E-state index contributed by atoms with van der Waals surface area (Å²) >= 11 is 0. The topological polar surface area (TPSA) is 55.1 Å². The fourth-order valence-corrected chi connectivity index (χ4v) is 0.334. The molecule has 3 heteroatoms. The summed E-state index contributed by atoms with van der Waals surface area (Å²) in [6.07, 6.45) is 0. The van der Waals surface area contributed by atoms with Crippen LogP contribution in [-0.2, 0) is 4.79 Å². The summed E-state index contributed by atoms with van der Waals surface area (Å²) in [4.78, 5) is 10.3. The Balaban J connectivity index is 3.25. The van der Waals surface area contributed by atoms with Gasteiger partial charge in [-0.2, -0.15) is 0 Å². The highest BCUT2D eigenvalue weighted by Gasteiger charge is 1.96. The molecule has 1 unspecified atom stereocenters. The third-order valence-electron chi connectivity index (χ3n) is 0.593. The molecule has 0 fully saturated rings. The van der Waals surface area contributed by atoms with Crippen molar-refractivity contribution in [2.75, 3.05) is 6.54 Å². The van der Waals surface area contributed by atoms with Crippen molar-refractivity contribution in [1.82, 2.24) is 5.32 Å². The molecule has 0 heterocycles. The fourth-order valence-electron chi connectivity index (χ4n) is 0.334. The molecular formula is C5H11N2O. The Labute approximate surface area is 49.3 Å². The maximum absolute atomic E-state index is 10.3. The average Bonchev–Trinajstić information content (AvgIpc) is 1.65. The Morgan fingerprint density at radius 2 is 2.50 bits per heavy atom. The quantitative estimate of drug-likeness (QED) is 0.499. The van der Waals surface area contributed by atoms with Crippen molar-refractivity contribution in [3.8, 4) is 0 Å². The van der Waals surface area contributed by atoms with E-state index in [0.717, 1.165) is 0 Å². The van der Waals surface area contributed by atoms with Crippen molar-refractivity contribution >= 4 is 5.91 Å². The third kappa shape index (κ3) is 3.61. The van der Waals surface area contributed by atoms with Crippen molar-refractivity contribution in [3.63, 3.8) is 0 Å². The lowest BCUT2D eigenvalue weighted by Crippen LogP contribution is -2.35. The lowest BCUT2D eigenvalue weighted by atomic mass is 10.4. The van der Waals surface area contributed by atoms with Crippen LogP contribution in [-0.4, -0.2) is 18.5 Å². The molecule has 3 N–H and O–H groups in total. The van der Waals surface area contributed by atoms with Gasteiger partial charge in [0.1, 0.15) is 0 Å². The molecule has 0 aliphatic heterocycles. The molecule has 0 saturated heterocycles. The van der Waals surface area contributed by atoms with E-state index in [1.165, 1.54) is 0 Å². The average molecular weight is 115 g/mol. The number of hydrogen-bond acceptors (Lipinski definition) is 2. The largest absolute Gasteiger partial charge is 0.353 e. The summed E-state index contributed by atoms with van der Waals surface area (Å²) in [5.41, 5.74) is 4.98. The predicted molar refractivity (Wildman–Crippen MR) is 32.0 cm³/mol. The van der Waals surface area contributed by atoms with Gasteiger partial charge in [0, 0.05) is 6.04 Å². The lowest BCUT2D eigenvalue weighted by molar-refractivity contribution is -0.120. The molecule has 0 bridgehead atoms. The first-order valence-electron chi connectivity index (χ1n) is 2.49. The number of rotatable bonds is 2. The minimum Gasteiger partial charge on any atom is -0.353 e. The maximum Gasteiger partial charge on any atom is 0.233 e. The highest BCUT2D eigenvalue weighted by Crippen LogP contribution is 1.72. The van der Waals surface area contributed by atoms with E-state index in [1.807, 2.05) is 0 Å². The molecule has 0 aliphatic rings. The van der Waals surface area contributed by atoms with Crippen molar-refractivity contribution < 1.29 is 4.79 Å². The highest BCUT2D eigenvalue weighted by atomic mass is 16.1. The molecule has 1 atom stereocenters. The molecule has 8 heavy (non-hydrogen) atoms.